The summed E-state index contributed by atoms with van der Waals surface area (Å²) in [4.78, 5) is 44.2. The highest BCUT2D eigenvalue weighted by atomic mass is 16.5. The van der Waals surface area contributed by atoms with Crippen molar-refractivity contribution in [3.05, 3.63) is 18.0 Å². The van der Waals surface area contributed by atoms with Crippen LogP contribution in [0, 0.1) is 11.8 Å². The fourth-order valence-electron chi connectivity index (χ4n) is 5.77. The van der Waals surface area contributed by atoms with E-state index in [0.29, 0.717) is 76.6 Å². The molecule has 2 aromatic rings. The molecule has 2 aromatic heterocycles. The summed E-state index contributed by atoms with van der Waals surface area (Å²) in [5, 5.41) is 12.0. The van der Waals surface area contributed by atoms with Crippen LogP contribution in [0.2, 0.25) is 0 Å². The molecule has 0 radical (unpaired) electrons. The Kier molecular flexibility index (Phi) is 8.02. The van der Waals surface area contributed by atoms with Crippen molar-refractivity contribution in [2.75, 3.05) is 38.2 Å². The van der Waals surface area contributed by atoms with Crippen LogP contribution < -0.4 is 10.6 Å². The molecule has 10 heteroatoms. The van der Waals surface area contributed by atoms with E-state index in [-0.39, 0.29) is 29.6 Å². The van der Waals surface area contributed by atoms with E-state index in [4.69, 9.17) is 4.74 Å². The van der Waals surface area contributed by atoms with Gasteiger partial charge in [0.2, 0.25) is 5.91 Å². The van der Waals surface area contributed by atoms with E-state index < -0.39 is 0 Å². The monoisotopic (exact) mass is 510 g/mol. The van der Waals surface area contributed by atoms with Crippen molar-refractivity contribution in [3.63, 3.8) is 0 Å². The van der Waals surface area contributed by atoms with Gasteiger partial charge in [0.25, 0.3) is 5.91 Å². The van der Waals surface area contributed by atoms with Crippen molar-refractivity contribution in [2.45, 2.75) is 70.9 Å². The number of nitrogens with one attached hydrogen (secondary N) is 2. The number of ketones is 1. The number of aryl methyl sites for hydroxylation is 1. The number of rotatable bonds is 7. The van der Waals surface area contributed by atoms with E-state index in [9.17, 15) is 14.4 Å². The Morgan fingerprint density at radius 3 is 2.49 bits per heavy atom. The topological polar surface area (TPSA) is 118 Å². The highest BCUT2D eigenvalue weighted by molar-refractivity contribution is 6.06. The lowest BCUT2D eigenvalue weighted by molar-refractivity contribution is -0.138. The molecule has 4 heterocycles. The second-order valence-electron chi connectivity index (χ2n) is 10.6. The predicted molar refractivity (Wildman–Crippen MR) is 139 cm³/mol. The average Bonchev–Trinajstić information content (AvgIpc) is 3.36. The van der Waals surface area contributed by atoms with Crippen LogP contribution in [0.4, 0.5) is 5.69 Å². The highest BCUT2D eigenvalue weighted by Gasteiger charge is 2.31. The van der Waals surface area contributed by atoms with Gasteiger partial charge in [-0.15, -0.1) is 0 Å². The molecule has 0 unspecified atom stereocenters. The number of ether oxygens (including phenoxy) is 1. The van der Waals surface area contributed by atoms with Crippen molar-refractivity contribution in [2.24, 2.45) is 11.8 Å². The van der Waals surface area contributed by atoms with Gasteiger partial charge in [-0.2, -0.15) is 5.10 Å². The number of hydrogen-bond donors (Lipinski definition) is 2. The van der Waals surface area contributed by atoms with Gasteiger partial charge in [-0.05, 0) is 51.4 Å². The van der Waals surface area contributed by atoms with Gasteiger partial charge in [-0.25, -0.2) is 9.67 Å². The zero-order valence-electron chi connectivity index (χ0n) is 21.7. The first-order valence-electron chi connectivity index (χ1n) is 13.8. The summed E-state index contributed by atoms with van der Waals surface area (Å²) < 4.78 is 7.34. The largest absolute Gasteiger partial charge is 0.381 e. The lowest BCUT2D eigenvalue weighted by Crippen LogP contribution is -2.44. The fourth-order valence-corrected chi connectivity index (χ4v) is 5.77. The van der Waals surface area contributed by atoms with Crippen LogP contribution in [0.3, 0.4) is 0 Å². The normalized spacial score (nSPS) is 20.4. The molecule has 2 amide bonds. The summed E-state index contributed by atoms with van der Waals surface area (Å²) >= 11 is 0. The summed E-state index contributed by atoms with van der Waals surface area (Å²) in [6.45, 7) is 6.15. The SMILES string of the molecule is CCn1ncc2c(NC3CCOCC3)c(C(=O)NCC3CCN(C(=O)C4CCC(=O)CC4)CC3)cnc21. The fraction of sp³-hybridized carbons (Fsp3) is 0.667. The number of likely N-dealkylation sites (tertiary alicyclic amines) is 1. The Morgan fingerprint density at radius 2 is 1.78 bits per heavy atom. The summed E-state index contributed by atoms with van der Waals surface area (Å²) in [5.41, 5.74) is 2.10. The molecule has 2 saturated heterocycles. The summed E-state index contributed by atoms with van der Waals surface area (Å²) in [5.74, 6) is 0.657. The molecule has 0 aromatic carbocycles. The van der Waals surface area contributed by atoms with E-state index >= 15 is 0 Å². The molecule has 3 fully saturated rings. The quantitative estimate of drug-likeness (QED) is 0.588. The van der Waals surface area contributed by atoms with Gasteiger partial charge in [-0.1, -0.05) is 0 Å². The van der Waals surface area contributed by atoms with Crippen LogP contribution in [0.15, 0.2) is 12.4 Å². The number of carbonyl (C=O) groups excluding carboxylic acids is 3. The maximum Gasteiger partial charge on any atom is 0.254 e. The summed E-state index contributed by atoms with van der Waals surface area (Å²) in [6.07, 6.45) is 9.40. The zero-order chi connectivity index (χ0) is 25.8. The van der Waals surface area contributed by atoms with Crippen molar-refractivity contribution in [1.82, 2.24) is 25.0 Å². The van der Waals surface area contributed by atoms with E-state index in [1.165, 1.54) is 0 Å². The number of amides is 2. The molecular formula is C27H38N6O4. The van der Waals surface area contributed by atoms with Gasteiger partial charge >= 0.3 is 0 Å². The van der Waals surface area contributed by atoms with E-state index in [0.717, 1.165) is 42.4 Å². The Hall–Kier alpha value is -3.01. The van der Waals surface area contributed by atoms with Gasteiger partial charge in [0.15, 0.2) is 5.65 Å². The number of piperidine rings is 1. The van der Waals surface area contributed by atoms with E-state index in [1.54, 1.807) is 12.4 Å². The van der Waals surface area contributed by atoms with Crippen LogP contribution in [0.25, 0.3) is 11.0 Å². The number of fused-ring (bicyclic) bond motifs is 1. The second kappa shape index (κ2) is 11.6. The third kappa shape index (κ3) is 5.79. The maximum absolute atomic E-state index is 13.3. The zero-order valence-corrected chi connectivity index (χ0v) is 21.7. The Labute approximate surface area is 217 Å². The molecule has 0 atom stereocenters. The van der Waals surface area contributed by atoms with Crippen LogP contribution >= 0.6 is 0 Å². The molecular weight excluding hydrogens is 472 g/mol. The molecule has 1 saturated carbocycles. The summed E-state index contributed by atoms with van der Waals surface area (Å²) in [7, 11) is 0. The molecule has 0 bridgehead atoms. The molecule has 3 aliphatic rings. The van der Waals surface area contributed by atoms with Crippen molar-refractivity contribution >= 4 is 34.3 Å². The second-order valence-corrected chi connectivity index (χ2v) is 10.6. The van der Waals surface area contributed by atoms with Crippen LogP contribution in [-0.4, -0.2) is 76.2 Å². The number of anilines is 1. The Morgan fingerprint density at radius 1 is 1.05 bits per heavy atom. The third-order valence-electron chi connectivity index (χ3n) is 8.15. The molecule has 2 N–H and O–H groups in total. The van der Waals surface area contributed by atoms with Crippen LogP contribution in [0.1, 0.15) is 68.6 Å². The number of Topliss-reactive ketones (excluding diaryl/α,β-unsaturated/α-hetero) is 1. The van der Waals surface area contributed by atoms with Gasteiger partial charge in [-0.3, -0.25) is 14.4 Å². The first kappa shape index (κ1) is 25.6. The van der Waals surface area contributed by atoms with Crippen LogP contribution in [0.5, 0.6) is 0 Å². The maximum atomic E-state index is 13.3. The standard InChI is InChI=1S/C27H38N6O4/c1-2-33-25-22(17-30-33)24(31-20-9-13-37-14-10-20)23(16-28-25)26(35)29-15-18-7-11-32(12-8-18)27(36)19-3-5-21(34)6-4-19/h16-20H,2-15H2,1H3,(H,28,31)(H,29,35). The molecule has 0 spiro atoms. The number of nitrogens with zero attached hydrogens (tertiary/aromatic N) is 4. The Balaban J connectivity index is 1.20. The highest BCUT2D eigenvalue weighted by Crippen LogP contribution is 2.29. The van der Waals surface area contributed by atoms with Crippen LogP contribution in [-0.2, 0) is 20.9 Å². The van der Waals surface area contributed by atoms with Gasteiger partial charge < -0.3 is 20.3 Å². The first-order valence-corrected chi connectivity index (χ1v) is 13.8. The minimum Gasteiger partial charge on any atom is -0.381 e. The number of hydrogen-bond acceptors (Lipinski definition) is 7. The van der Waals surface area contributed by atoms with Gasteiger partial charge in [0.05, 0.1) is 22.8 Å². The molecule has 200 valence electrons. The average molecular weight is 511 g/mol. The number of carbonyl (C=O) groups is 3. The molecule has 5 rings (SSSR count). The molecule has 1 aliphatic carbocycles. The Bertz CT molecular complexity index is 1120. The minimum atomic E-state index is -0.140. The lowest BCUT2D eigenvalue weighted by Gasteiger charge is -2.35. The smallest absolute Gasteiger partial charge is 0.254 e. The third-order valence-corrected chi connectivity index (χ3v) is 8.15. The van der Waals surface area contributed by atoms with Crippen molar-refractivity contribution < 1.29 is 19.1 Å². The lowest BCUT2D eigenvalue weighted by atomic mass is 9.86. The summed E-state index contributed by atoms with van der Waals surface area (Å²) in [6, 6.07) is 0.236. The van der Waals surface area contributed by atoms with Crippen molar-refractivity contribution in [1.29, 1.82) is 0 Å². The molecule has 2 aliphatic heterocycles. The molecule has 37 heavy (non-hydrogen) atoms. The number of aromatic nitrogens is 3. The van der Waals surface area contributed by atoms with Gasteiger partial charge in [0, 0.05) is 70.4 Å². The van der Waals surface area contributed by atoms with Crippen molar-refractivity contribution in [3.8, 4) is 0 Å². The molecule has 10 nitrogen and oxygen atoms in total. The van der Waals surface area contributed by atoms with E-state index in [2.05, 4.69) is 20.7 Å². The predicted octanol–water partition coefficient (Wildman–Crippen LogP) is 2.77. The van der Waals surface area contributed by atoms with Gasteiger partial charge in [0.1, 0.15) is 5.78 Å². The van der Waals surface area contributed by atoms with E-state index in [1.807, 2.05) is 16.5 Å². The minimum absolute atomic E-state index is 0.00455. The first-order chi connectivity index (χ1) is 18.0. The number of pyridine rings is 1.